The van der Waals surface area contributed by atoms with Crippen LogP contribution in [0.4, 0.5) is 4.39 Å². The molecule has 0 bridgehead atoms. The average molecular weight is 411 g/mol. The molecule has 0 saturated carbocycles. The van der Waals surface area contributed by atoms with Crippen LogP contribution in [0.3, 0.4) is 0 Å². The van der Waals surface area contributed by atoms with Crippen molar-refractivity contribution >= 4 is 28.5 Å². The Hall–Kier alpha value is -3.38. The van der Waals surface area contributed by atoms with Gasteiger partial charge in [0.05, 0.1) is 35.6 Å². The molecule has 0 saturated heterocycles. The number of aromatic carboxylic acids is 1. The number of pyridine rings is 1. The Balaban J connectivity index is 1.94. The van der Waals surface area contributed by atoms with Crippen LogP contribution in [0.5, 0.6) is 5.75 Å². The molecule has 146 valence electrons. The zero-order valence-electron chi connectivity index (χ0n) is 15.4. The smallest absolute Gasteiger partial charge is 0.354 e. The van der Waals surface area contributed by atoms with Crippen molar-refractivity contribution in [2.45, 2.75) is 6.54 Å². The minimum atomic E-state index is -1.11. The molecule has 0 fully saturated rings. The molecule has 0 aliphatic heterocycles. The molecule has 0 spiro atoms. The lowest BCUT2D eigenvalue weighted by atomic mass is 10.1. The maximum atomic E-state index is 14.6. The lowest BCUT2D eigenvalue weighted by Gasteiger charge is -2.12. The molecule has 0 amide bonds. The Morgan fingerprint density at radius 3 is 2.69 bits per heavy atom. The molecule has 0 radical (unpaired) electrons. The molecule has 0 unspecified atom stereocenters. The van der Waals surface area contributed by atoms with Gasteiger partial charge in [0, 0.05) is 10.9 Å². The summed E-state index contributed by atoms with van der Waals surface area (Å²) in [6.07, 6.45) is 0. The molecule has 5 nitrogen and oxygen atoms in total. The Kier molecular flexibility index (Phi) is 4.94. The average Bonchev–Trinajstić information content (AvgIpc) is 3.05. The molecule has 2 aromatic heterocycles. The van der Waals surface area contributed by atoms with Gasteiger partial charge in [-0.2, -0.15) is 0 Å². The van der Waals surface area contributed by atoms with Crippen molar-refractivity contribution in [3.05, 3.63) is 82.9 Å². The van der Waals surface area contributed by atoms with Crippen LogP contribution >= 0.6 is 11.6 Å². The number of hydrogen-bond donors (Lipinski definition) is 1. The van der Waals surface area contributed by atoms with E-state index < -0.39 is 5.97 Å². The summed E-state index contributed by atoms with van der Waals surface area (Å²) < 4.78 is 21.7. The van der Waals surface area contributed by atoms with Gasteiger partial charge in [-0.1, -0.05) is 29.8 Å². The maximum Gasteiger partial charge on any atom is 0.354 e. The molecule has 0 aliphatic rings. The summed E-state index contributed by atoms with van der Waals surface area (Å²) in [7, 11) is 1.53. The van der Waals surface area contributed by atoms with Gasteiger partial charge < -0.3 is 14.4 Å². The number of benzene rings is 2. The van der Waals surface area contributed by atoms with Gasteiger partial charge in [-0.3, -0.25) is 0 Å². The van der Waals surface area contributed by atoms with E-state index in [4.69, 9.17) is 16.3 Å². The number of ether oxygens (including phenoxy) is 1. The third-order valence-corrected chi connectivity index (χ3v) is 4.97. The van der Waals surface area contributed by atoms with Crippen molar-refractivity contribution in [3.8, 4) is 17.0 Å². The number of aromatic nitrogens is 2. The first-order valence-electron chi connectivity index (χ1n) is 8.79. The Labute approximate surface area is 170 Å². The van der Waals surface area contributed by atoms with E-state index in [1.54, 1.807) is 42.5 Å². The highest BCUT2D eigenvalue weighted by Gasteiger charge is 2.17. The number of carboxylic acids is 1. The van der Waals surface area contributed by atoms with E-state index in [0.717, 1.165) is 10.9 Å². The lowest BCUT2D eigenvalue weighted by Crippen LogP contribution is -2.07. The summed E-state index contributed by atoms with van der Waals surface area (Å²) in [4.78, 5) is 15.5. The molecule has 7 heteroatoms. The summed E-state index contributed by atoms with van der Waals surface area (Å²) in [5.74, 6) is -0.949. The summed E-state index contributed by atoms with van der Waals surface area (Å²) in [6, 6.07) is 16.7. The number of rotatable bonds is 5. The molecule has 4 rings (SSSR count). The topological polar surface area (TPSA) is 64.3 Å². The Morgan fingerprint density at radius 1 is 1.17 bits per heavy atom. The summed E-state index contributed by atoms with van der Waals surface area (Å²) >= 11 is 6.33. The first kappa shape index (κ1) is 19.0. The molecule has 0 aliphatic carbocycles. The van der Waals surface area contributed by atoms with Crippen molar-refractivity contribution in [3.63, 3.8) is 0 Å². The number of fused-ring (bicyclic) bond motifs is 1. The molecular weight excluding hydrogens is 395 g/mol. The van der Waals surface area contributed by atoms with E-state index in [2.05, 4.69) is 4.98 Å². The van der Waals surface area contributed by atoms with Crippen molar-refractivity contribution in [1.82, 2.24) is 9.55 Å². The second-order valence-corrected chi connectivity index (χ2v) is 6.87. The third-order valence-electron chi connectivity index (χ3n) is 4.67. The fraction of sp³-hybridized carbons (Fsp3) is 0.0909. The quantitative estimate of drug-likeness (QED) is 0.488. The van der Waals surface area contributed by atoms with Crippen LogP contribution in [-0.4, -0.2) is 27.7 Å². The molecule has 1 N–H and O–H groups in total. The fourth-order valence-electron chi connectivity index (χ4n) is 3.33. The van der Waals surface area contributed by atoms with Gasteiger partial charge in [0.25, 0.3) is 0 Å². The van der Waals surface area contributed by atoms with E-state index in [0.29, 0.717) is 27.7 Å². The fourth-order valence-corrected chi connectivity index (χ4v) is 3.57. The summed E-state index contributed by atoms with van der Waals surface area (Å²) in [5.41, 5.74) is 2.30. The van der Waals surface area contributed by atoms with Crippen LogP contribution < -0.4 is 4.74 Å². The van der Waals surface area contributed by atoms with Gasteiger partial charge in [-0.15, -0.1) is 0 Å². The van der Waals surface area contributed by atoms with E-state index in [9.17, 15) is 14.3 Å². The van der Waals surface area contributed by atoms with Crippen LogP contribution in [0.25, 0.3) is 22.2 Å². The second kappa shape index (κ2) is 7.56. The van der Waals surface area contributed by atoms with E-state index in [1.165, 1.54) is 19.2 Å². The molecule has 2 aromatic carbocycles. The highest BCUT2D eigenvalue weighted by atomic mass is 35.5. The second-order valence-electron chi connectivity index (χ2n) is 6.46. The van der Waals surface area contributed by atoms with Gasteiger partial charge in [0.1, 0.15) is 17.3 Å². The Morgan fingerprint density at radius 2 is 1.97 bits per heavy atom. The van der Waals surface area contributed by atoms with Crippen molar-refractivity contribution < 1.29 is 19.0 Å². The zero-order chi connectivity index (χ0) is 20.5. The number of carbonyl (C=O) groups is 1. The van der Waals surface area contributed by atoms with Crippen molar-refractivity contribution in [2.24, 2.45) is 0 Å². The highest BCUT2D eigenvalue weighted by Crippen LogP contribution is 2.36. The maximum absolute atomic E-state index is 14.6. The molecule has 4 aromatic rings. The lowest BCUT2D eigenvalue weighted by molar-refractivity contribution is 0.0690. The normalized spacial score (nSPS) is 11.0. The van der Waals surface area contributed by atoms with E-state index in [1.807, 2.05) is 10.6 Å². The third kappa shape index (κ3) is 3.54. The largest absolute Gasteiger partial charge is 0.495 e. The first-order chi connectivity index (χ1) is 14.0. The number of methoxy groups -OCH3 is 1. The van der Waals surface area contributed by atoms with Gasteiger partial charge in [-0.05, 0) is 42.5 Å². The number of halogens is 2. The number of hydrogen-bond acceptors (Lipinski definition) is 3. The molecular formula is C22H16ClFN2O3. The SMILES string of the molecule is COc1cc2cc(-c3ccccc3F)n(Cc3cccc(C(=O)O)n3)c2cc1Cl. The van der Waals surface area contributed by atoms with Crippen LogP contribution in [-0.2, 0) is 6.54 Å². The highest BCUT2D eigenvalue weighted by molar-refractivity contribution is 6.32. The molecule has 29 heavy (non-hydrogen) atoms. The van der Waals surface area contributed by atoms with Gasteiger partial charge in [0.2, 0.25) is 0 Å². The molecule has 0 atom stereocenters. The van der Waals surface area contributed by atoms with Crippen LogP contribution in [0.15, 0.2) is 60.7 Å². The minimum absolute atomic E-state index is 0.0499. The van der Waals surface area contributed by atoms with Gasteiger partial charge >= 0.3 is 5.97 Å². The van der Waals surface area contributed by atoms with Crippen molar-refractivity contribution in [2.75, 3.05) is 7.11 Å². The number of carboxylic acid groups (broad SMARTS) is 1. The number of nitrogens with zero attached hydrogens (tertiary/aromatic N) is 2. The van der Waals surface area contributed by atoms with Gasteiger partial charge in [0.15, 0.2) is 0 Å². The first-order valence-corrected chi connectivity index (χ1v) is 9.16. The van der Waals surface area contributed by atoms with Gasteiger partial charge in [-0.25, -0.2) is 14.2 Å². The van der Waals surface area contributed by atoms with E-state index in [-0.39, 0.29) is 18.1 Å². The van der Waals surface area contributed by atoms with Crippen LogP contribution in [0.1, 0.15) is 16.2 Å². The zero-order valence-corrected chi connectivity index (χ0v) is 16.2. The van der Waals surface area contributed by atoms with Crippen LogP contribution in [0.2, 0.25) is 5.02 Å². The summed E-state index contributed by atoms with van der Waals surface area (Å²) in [6.45, 7) is 0.247. The standard InChI is InChI=1S/C22H16ClFN2O3/c1-29-21-10-13-9-20(15-6-2-3-7-17(15)24)26(19(13)11-16(21)23)12-14-5-4-8-18(25-14)22(27)28/h2-11H,12H2,1H3,(H,27,28). The van der Waals surface area contributed by atoms with E-state index >= 15 is 0 Å². The van der Waals surface area contributed by atoms with Crippen molar-refractivity contribution in [1.29, 1.82) is 0 Å². The Bertz CT molecular complexity index is 1240. The van der Waals surface area contributed by atoms with Crippen LogP contribution in [0, 0.1) is 5.82 Å². The minimum Gasteiger partial charge on any atom is -0.495 e. The summed E-state index contributed by atoms with van der Waals surface area (Å²) in [5, 5.41) is 10.5. The predicted molar refractivity (Wildman–Crippen MR) is 109 cm³/mol. The monoisotopic (exact) mass is 410 g/mol. The molecule has 2 heterocycles. The predicted octanol–water partition coefficient (Wildman–Crippen LogP) is 5.25.